The van der Waals surface area contributed by atoms with Gasteiger partial charge in [-0.2, -0.15) is 0 Å². The van der Waals surface area contributed by atoms with Gasteiger partial charge in [0.25, 0.3) is 0 Å². The van der Waals surface area contributed by atoms with Crippen molar-refractivity contribution in [2.45, 2.75) is 41.5 Å². The summed E-state index contributed by atoms with van der Waals surface area (Å²) in [7, 11) is 0. The fraction of sp³-hybridized carbons (Fsp3) is 0.231. The third-order valence-electron chi connectivity index (χ3n) is 4.14. The second-order valence-electron chi connectivity index (χ2n) is 5.81. The van der Waals surface area contributed by atoms with Crippen molar-refractivity contribution in [1.82, 2.24) is 0 Å². The molecule has 0 atom stereocenters. The van der Waals surface area contributed by atoms with Gasteiger partial charge in [-0.25, -0.2) is 9.59 Å². The van der Waals surface area contributed by atoms with Gasteiger partial charge in [-0.3, -0.25) is 0 Å². The summed E-state index contributed by atoms with van der Waals surface area (Å²) < 4.78 is 16.3. The monoisotopic (exact) mass is 438 g/mol. The molecule has 0 aliphatic rings. The lowest BCUT2D eigenvalue weighted by molar-refractivity contribution is 0.441. The van der Waals surface area contributed by atoms with Gasteiger partial charge in [0.05, 0.1) is 10.8 Å². The summed E-state index contributed by atoms with van der Waals surface area (Å²) in [5.41, 5.74) is -0.828. The van der Waals surface area contributed by atoms with Crippen LogP contribution < -0.4 is 21.9 Å². The maximum Gasteiger partial charge on any atom is 0.351 e. The molecule has 0 aliphatic heterocycles. The highest BCUT2D eigenvalue weighted by molar-refractivity contribution is 5.85. The van der Waals surface area contributed by atoms with Crippen LogP contribution in [0.15, 0.2) is 54.2 Å². The Morgan fingerprint density at radius 3 is 2.16 bits per heavy atom. The molecule has 0 unspecified atom stereocenters. The average Bonchev–Trinajstić information content (AvgIpc) is 3.25. The Labute approximate surface area is 186 Å². The lowest BCUT2D eigenvalue weighted by Gasteiger charge is -2.06. The van der Waals surface area contributed by atoms with E-state index in [0.29, 0.717) is 10.6 Å². The van der Waals surface area contributed by atoms with Crippen molar-refractivity contribution in [3.63, 3.8) is 0 Å². The number of hydrogen-bond donors (Lipinski definition) is 1. The van der Waals surface area contributed by atoms with Crippen molar-refractivity contribution >= 4 is 35.3 Å². The fourth-order valence-corrected chi connectivity index (χ4v) is 2.93. The first-order chi connectivity index (χ1) is 15.5. The molecule has 0 spiro atoms. The zero-order valence-corrected chi connectivity index (χ0v) is 19.4. The molecule has 170 valence electrons. The summed E-state index contributed by atoms with van der Waals surface area (Å²) in [6, 6.07) is 1.35. The Bertz CT molecular complexity index is 1360. The molecular weight excluding hydrogens is 408 g/mol. The molecule has 0 aliphatic carbocycles. The average molecular weight is 439 g/mol. The minimum Gasteiger partial charge on any atom is -0.506 e. The summed E-state index contributed by atoms with van der Waals surface area (Å²) in [4.78, 5) is 24.8. The van der Waals surface area contributed by atoms with Gasteiger partial charge < -0.3 is 18.4 Å². The number of allylic oxidation sites excluding steroid dienone is 2. The normalized spacial score (nSPS) is 11.7. The van der Waals surface area contributed by atoms with Gasteiger partial charge in [-0.15, -0.1) is 0 Å². The van der Waals surface area contributed by atoms with Gasteiger partial charge in [0.15, 0.2) is 5.58 Å². The predicted molar refractivity (Wildman–Crippen MR) is 132 cm³/mol. The zero-order valence-electron chi connectivity index (χ0n) is 19.4. The molecule has 3 heterocycles. The number of hydrogen-bond acceptors (Lipinski definition) is 6. The lowest BCUT2D eigenvalue weighted by Crippen LogP contribution is -2.29. The Hall–Kier alpha value is -3.80. The SMILES string of the molecule is C=C/C=c1\c(=C/C)oc(=O)c2cc(-c3c(O)c(/C=C\C)c(C=C)oc3=O)oc12.CC.CC. The van der Waals surface area contributed by atoms with Crippen LogP contribution in [0, 0.1) is 0 Å². The highest BCUT2D eigenvalue weighted by atomic mass is 16.4. The van der Waals surface area contributed by atoms with Crippen LogP contribution in [-0.4, -0.2) is 5.11 Å². The lowest BCUT2D eigenvalue weighted by atomic mass is 10.1. The second kappa shape index (κ2) is 12.2. The molecule has 0 saturated heterocycles. The number of aromatic hydroxyl groups is 1. The number of furan rings is 1. The van der Waals surface area contributed by atoms with E-state index in [-0.39, 0.29) is 39.4 Å². The molecule has 3 aromatic heterocycles. The van der Waals surface area contributed by atoms with E-state index >= 15 is 0 Å². The number of rotatable bonds is 4. The molecule has 0 radical (unpaired) electrons. The Balaban J connectivity index is 0.00000121. The van der Waals surface area contributed by atoms with E-state index in [1.807, 2.05) is 27.7 Å². The van der Waals surface area contributed by atoms with Gasteiger partial charge in [0, 0.05) is 6.07 Å². The van der Waals surface area contributed by atoms with Gasteiger partial charge >= 0.3 is 11.3 Å². The molecular formula is C26H30O6. The van der Waals surface area contributed by atoms with E-state index < -0.39 is 11.3 Å². The van der Waals surface area contributed by atoms with Crippen LogP contribution in [0.2, 0.25) is 0 Å². The summed E-state index contributed by atoms with van der Waals surface area (Å²) in [6.07, 6.45) is 9.36. The Morgan fingerprint density at radius 1 is 0.969 bits per heavy atom. The quantitative estimate of drug-likeness (QED) is 0.601. The summed E-state index contributed by atoms with van der Waals surface area (Å²) in [5.74, 6) is -0.213. The van der Waals surface area contributed by atoms with Gasteiger partial charge in [0.2, 0.25) is 0 Å². The van der Waals surface area contributed by atoms with Crippen molar-refractivity contribution in [3.8, 4) is 17.1 Å². The molecule has 6 heteroatoms. The van der Waals surface area contributed by atoms with Crippen LogP contribution in [0.3, 0.4) is 0 Å². The predicted octanol–water partition coefficient (Wildman–Crippen LogP) is 5.21. The highest BCUT2D eigenvalue weighted by Crippen LogP contribution is 2.34. The number of fused-ring (bicyclic) bond motifs is 1. The molecule has 32 heavy (non-hydrogen) atoms. The van der Waals surface area contributed by atoms with E-state index in [0.717, 1.165) is 0 Å². The third kappa shape index (κ3) is 4.91. The van der Waals surface area contributed by atoms with Crippen LogP contribution in [0.5, 0.6) is 5.75 Å². The van der Waals surface area contributed by atoms with Gasteiger partial charge in [-0.05, 0) is 32.1 Å². The minimum absolute atomic E-state index is 0.0121. The Kier molecular flexibility index (Phi) is 9.96. The maximum absolute atomic E-state index is 12.5. The van der Waals surface area contributed by atoms with E-state index in [2.05, 4.69) is 13.2 Å². The van der Waals surface area contributed by atoms with Crippen LogP contribution in [0.4, 0.5) is 0 Å². The summed E-state index contributed by atoms with van der Waals surface area (Å²) in [6.45, 7) is 18.7. The van der Waals surface area contributed by atoms with Crippen LogP contribution in [0.25, 0.3) is 46.6 Å². The van der Waals surface area contributed by atoms with Crippen molar-refractivity contribution in [3.05, 3.63) is 74.2 Å². The third-order valence-corrected chi connectivity index (χ3v) is 4.14. The molecule has 0 bridgehead atoms. The van der Waals surface area contributed by atoms with Crippen molar-refractivity contribution in [1.29, 1.82) is 0 Å². The van der Waals surface area contributed by atoms with Crippen molar-refractivity contribution in [2.24, 2.45) is 0 Å². The maximum atomic E-state index is 12.5. The highest BCUT2D eigenvalue weighted by Gasteiger charge is 2.22. The molecule has 3 rings (SSSR count). The fourth-order valence-electron chi connectivity index (χ4n) is 2.93. The second-order valence-corrected chi connectivity index (χ2v) is 5.81. The standard InChI is InChI=1S/C22H18O6.2C2H6/c1-5-9-12-15(7-3)28-22(25)18(19(12)23)17-11-14-20(26-17)13(10-6-2)16(8-4)27-21(14)24;2*1-2/h5-11,23H,2-3H2,1,4H3;2*1-2H3/b9-5-,13-10+,16-8+;;. The summed E-state index contributed by atoms with van der Waals surface area (Å²) >= 11 is 0. The first-order valence-electron chi connectivity index (χ1n) is 10.5. The largest absolute Gasteiger partial charge is 0.506 e. The van der Waals surface area contributed by atoms with Crippen LogP contribution in [0.1, 0.15) is 52.9 Å². The first kappa shape index (κ1) is 26.2. The topological polar surface area (TPSA) is 93.8 Å². The zero-order chi connectivity index (χ0) is 24.4. The molecule has 1 N–H and O–H groups in total. The van der Waals surface area contributed by atoms with E-state index in [1.165, 1.54) is 18.2 Å². The van der Waals surface area contributed by atoms with Gasteiger partial charge in [-0.1, -0.05) is 59.1 Å². The summed E-state index contributed by atoms with van der Waals surface area (Å²) in [5, 5.41) is 11.3. The minimum atomic E-state index is -0.819. The van der Waals surface area contributed by atoms with Gasteiger partial charge in [0.1, 0.15) is 33.6 Å². The van der Waals surface area contributed by atoms with Crippen molar-refractivity contribution in [2.75, 3.05) is 0 Å². The Morgan fingerprint density at radius 2 is 1.62 bits per heavy atom. The van der Waals surface area contributed by atoms with Crippen LogP contribution in [-0.2, 0) is 0 Å². The molecule has 0 fully saturated rings. The van der Waals surface area contributed by atoms with Crippen molar-refractivity contribution < 1.29 is 18.4 Å². The molecule has 6 nitrogen and oxygen atoms in total. The smallest absolute Gasteiger partial charge is 0.351 e. The van der Waals surface area contributed by atoms with E-state index in [9.17, 15) is 14.7 Å². The molecule has 3 aromatic rings. The molecule has 0 saturated carbocycles. The van der Waals surface area contributed by atoms with E-state index in [1.54, 1.807) is 38.2 Å². The molecule has 0 amide bonds. The molecule has 0 aromatic carbocycles. The van der Waals surface area contributed by atoms with Crippen LogP contribution >= 0.6 is 0 Å². The first-order valence-corrected chi connectivity index (χ1v) is 10.5. The van der Waals surface area contributed by atoms with E-state index in [4.69, 9.17) is 13.3 Å².